The lowest BCUT2D eigenvalue weighted by Crippen LogP contribution is -2.70. The Hall–Kier alpha value is -4.67. The molecule has 3 aromatic carbocycles. The minimum absolute atomic E-state index is 0.0382. The van der Waals surface area contributed by atoms with Gasteiger partial charge in [-0.15, -0.1) is 0 Å². The first-order chi connectivity index (χ1) is 22.2. The van der Waals surface area contributed by atoms with Crippen LogP contribution in [0.4, 0.5) is 23.2 Å². The smallest absolute Gasteiger partial charge is 0.349 e. The molecule has 0 aliphatic carbocycles. The lowest BCUT2D eigenvalue weighted by molar-refractivity contribution is -0.143. The van der Waals surface area contributed by atoms with Crippen LogP contribution in [0.15, 0.2) is 91.5 Å². The molecule has 0 saturated carbocycles. The van der Waals surface area contributed by atoms with Crippen molar-refractivity contribution in [1.82, 2.24) is 19.4 Å². The lowest BCUT2D eigenvalue weighted by Gasteiger charge is -2.53. The number of unbranched alkanes of at least 4 members (excludes halogenated alkanes) is 1. The van der Waals surface area contributed by atoms with Crippen LogP contribution in [0.1, 0.15) is 46.3 Å². The van der Waals surface area contributed by atoms with E-state index in [0.717, 1.165) is 31.4 Å². The number of amides is 2. The lowest BCUT2D eigenvalue weighted by atomic mass is 9.94. The van der Waals surface area contributed by atoms with E-state index in [1.54, 1.807) is 29.6 Å². The van der Waals surface area contributed by atoms with E-state index in [2.05, 4.69) is 17.1 Å². The molecule has 0 spiro atoms. The molecule has 2 amide bonds. The summed E-state index contributed by atoms with van der Waals surface area (Å²) in [6.07, 6.45) is 3.06. The third-order valence-electron chi connectivity index (χ3n) is 8.77. The van der Waals surface area contributed by atoms with Crippen LogP contribution in [0.5, 0.6) is 0 Å². The Morgan fingerprint density at radius 2 is 1.65 bits per heavy atom. The van der Waals surface area contributed by atoms with Crippen molar-refractivity contribution in [3.63, 3.8) is 0 Å². The summed E-state index contributed by atoms with van der Waals surface area (Å²) in [5, 5.41) is 0. The summed E-state index contributed by atoms with van der Waals surface area (Å²) >= 11 is 0. The fraction of sp³-hybridized carbons (Fsp3) is 0.343. The monoisotopic (exact) mass is 633 g/mol. The Morgan fingerprint density at radius 3 is 2.39 bits per heavy atom. The number of piperazine rings is 1. The third kappa shape index (κ3) is 6.78. The van der Waals surface area contributed by atoms with Gasteiger partial charge in [-0.3, -0.25) is 9.59 Å². The molecule has 1 saturated heterocycles. The minimum Gasteiger partial charge on any atom is -0.349 e. The standard InChI is InChI=1S/C35H35F4N5O2/c36-28-12-6-11-26(20-28)21-31-34(46)42(17-5-4-10-25-8-2-1-3-9-25)23-32-43(18-7-16-41-19-15-40-24-41)30-14-13-27(35(37,38)39)22-29(30)33(45)44(31)32/h1-3,6,8-9,11-15,19-20,22,24,31-32H,4-5,7,10,16-18,21,23H2/t31-,32?/m0/s1. The van der Waals surface area contributed by atoms with Crippen molar-refractivity contribution >= 4 is 17.5 Å². The number of alkyl halides is 3. The molecule has 1 fully saturated rings. The van der Waals surface area contributed by atoms with Crippen molar-refractivity contribution in [3.05, 3.63) is 120 Å². The second kappa shape index (κ2) is 13.4. The predicted molar refractivity (Wildman–Crippen MR) is 165 cm³/mol. The second-order valence-corrected chi connectivity index (χ2v) is 11.8. The summed E-state index contributed by atoms with van der Waals surface area (Å²) in [5.74, 6) is -1.39. The molecule has 240 valence electrons. The number of carbonyl (C=O) groups is 2. The number of anilines is 1. The van der Waals surface area contributed by atoms with E-state index < -0.39 is 35.7 Å². The molecule has 6 rings (SSSR count). The summed E-state index contributed by atoms with van der Waals surface area (Å²) < 4.78 is 57.5. The van der Waals surface area contributed by atoms with E-state index in [4.69, 9.17) is 0 Å². The number of fused-ring (bicyclic) bond motifs is 2. The number of nitrogens with zero attached hydrogens (tertiary/aromatic N) is 5. The van der Waals surface area contributed by atoms with Gasteiger partial charge in [0, 0.05) is 38.4 Å². The molecular weight excluding hydrogens is 598 g/mol. The molecule has 11 heteroatoms. The fourth-order valence-corrected chi connectivity index (χ4v) is 6.53. The highest BCUT2D eigenvalue weighted by Gasteiger charge is 2.49. The molecule has 1 aromatic heterocycles. The number of hydrogen-bond donors (Lipinski definition) is 0. The Morgan fingerprint density at radius 1 is 0.848 bits per heavy atom. The summed E-state index contributed by atoms with van der Waals surface area (Å²) in [6.45, 7) is 1.71. The van der Waals surface area contributed by atoms with E-state index in [9.17, 15) is 27.2 Å². The van der Waals surface area contributed by atoms with Gasteiger partial charge in [0.05, 0.1) is 29.7 Å². The first-order valence-corrected chi connectivity index (χ1v) is 15.5. The third-order valence-corrected chi connectivity index (χ3v) is 8.77. The van der Waals surface area contributed by atoms with Gasteiger partial charge in [0.15, 0.2) is 0 Å². The van der Waals surface area contributed by atoms with Crippen LogP contribution in [-0.4, -0.2) is 63.0 Å². The van der Waals surface area contributed by atoms with Crippen LogP contribution in [0.3, 0.4) is 0 Å². The number of benzene rings is 3. The summed E-state index contributed by atoms with van der Waals surface area (Å²) in [6, 6.07) is 18.2. The molecule has 3 heterocycles. The molecule has 2 aliphatic rings. The van der Waals surface area contributed by atoms with Crippen LogP contribution in [0, 0.1) is 5.82 Å². The zero-order chi connectivity index (χ0) is 32.3. The average molecular weight is 634 g/mol. The maximum absolute atomic E-state index is 14.2. The van der Waals surface area contributed by atoms with E-state index >= 15 is 0 Å². The molecule has 2 aliphatic heterocycles. The highest BCUT2D eigenvalue weighted by atomic mass is 19.4. The maximum atomic E-state index is 14.2. The number of hydrogen-bond acceptors (Lipinski definition) is 4. The molecular formula is C35H35F4N5O2. The van der Waals surface area contributed by atoms with Crippen molar-refractivity contribution in [1.29, 1.82) is 0 Å². The SMILES string of the molecule is O=C1[C@H](Cc2cccc(F)c2)N2C(=O)c3cc(C(F)(F)F)ccc3N(CCCn3ccnc3)C2CN1CCCCc1ccccc1. The summed E-state index contributed by atoms with van der Waals surface area (Å²) in [5.41, 5.74) is 1.12. The number of rotatable bonds is 11. The maximum Gasteiger partial charge on any atom is 0.416 e. The largest absolute Gasteiger partial charge is 0.416 e. The quantitative estimate of drug-likeness (QED) is 0.146. The van der Waals surface area contributed by atoms with E-state index in [1.165, 1.54) is 28.7 Å². The number of aromatic nitrogens is 2. The molecule has 0 bridgehead atoms. The van der Waals surface area contributed by atoms with Crippen LogP contribution >= 0.6 is 0 Å². The van der Waals surface area contributed by atoms with Crippen molar-refractivity contribution in [3.8, 4) is 0 Å². The fourth-order valence-electron chi connectivity index (χ4n) is 6.53. The highest BCUT2D eigenvalue weighted by molar-refractivity contribution is 6.05. The van der Waals surface area contributed by atoms with Gasteiger partial charge in [0.25, 0.3) is 5.91 Å². The Kier molecular flexibility index (Phi) is 9.10. The van der Waals surface area contributed by atoms with Gasteiger partial charge >= 0.3 is 6.18 Å². The molecule has 46 heavy (non-hydrogen) atoms. The van der Waals surface area contributed by atoms with Gasteiger partial charge in [-0.25, -0.2) is 9.37 Å². The van der Waals surface area contributed by atoms with Gasteiger partial charge in [0.2, 0.25) is 5.91 Å². The van der Waals surface area contributed by atoms with E-state index in [0.29, 0.717) is 37.3 Å². The average Bonchev–Trinajstić information content (AvgIpc) is 3.56. The number of aryl methyl sites for hydroxylation is 2. The van der Waals surface area contributed by atoms with Crippen molar-refractivity contribution in [2.75, 3.05) is 24.5 Å². The van der Waals surface area contributed by atoms with E-state index in [-0.39, 0.29) is 24.4 Å². The van der Waals surface area contributed by atoms with Crippen molar-refractivity contribution in [2.24, 2.45) is 0 Å². The normalized spacial score (nSPS) is 18.1. The van der Waals surface area contributed by atoms with Gasteiger partial charge < -0.3 is 19.3 Å². The van der Waals surface area contributed by atoms with Crippen LogP contribution in [0.25, 0.3) is 0 Å². The second-order valence-electron chi connectivity index (χ2n) is 11.8. The predicted octanol–water partition coefficient (Wildman–Crippen LogP) is 6.20. The molecule has 2 atom stereocenters. The topological polar surface area (TPSA) is 61.7 Å². The first kappa shape index (κ1) is 31.3. The van der Waals surface area contributed by atoms with Crippen molar-refractivity contribution < 1.29 is 27.2 Å². The van der Waals surface area contributed by atoms with Gasteiger partial charge in [-0.05, 0) is 67.1 Å². The minimum atomic E-state index is -4.65. The highest BCUT2D eigenvalue weighted by Crippen LogP contribution is 2.39. The van der Waals surface area contributed by atoms with Gasteiger partial charge in [-0.2, -0.15) is 13.2 Å². The molecule has 0 radical (unpaired) electrons. The Bertz CT molecular complexity index is 1660. The zero-order valence-electron chi connectivity index (χ0n) is 25.2. The Balaban J connectivity index is 1.33. The summed E-state index contributed by atoms with van der Waals surface area (Å²) in [7, 11) is 0. The number of imidazole rings is 1. The molecule has 7 nitrogen and oxygen atoms in total. The van der Waals surface area contributed by atoms with Crippen molar-refractivity contribution in [2.45, 2.75) is 57.0 Å². The number of halogens is 4. The van der Waals surface area contributed by atoms with Gasteiger partial charge in [0.1, 0.15) is 18.0 Å². The van der Waals surface area contributed by atoms with Crippen LogP contribution < -0.4 is 4.90 Å². The zero-order valence-corrected chi connectivity index (χ0v) is 25.2. The van der Waals surface area contributed by atoms with Gasteiger partial charge in [-0.1, -0.05) is 42.5 Å². The first-order valence-electron chi connectivity index (χ1n) is 15.5. The van der Waals surface area contributed by atoms with E-state index in [1.807, 2.05) is 33.9 Å². The summed E-state index contributed by atoms with van der Waals surface area (Å²) in [4.78, 5) is 37.5. The van der Waals surface area contributed by atoms with Crippen LogP contribution in [-0.2, 0) is 30.4 Å². The molecule has 1 unspecified atom stereocenters. The number of carbonyl (C=O) groups excluding carboxylic acids is 2. The molecule has 0 N–H and O–H groups in total. The van der Waals surface area contributed by atoms with Crippen LogP contribution in [0.2, 0.25) is 0 Å². The Labute approximate surface area is 265 Å². The molecule has 4 aromatic rings.